The number of sulfonamides is 1. The number of hydrogen-bond donors (Lipinski definition) is 3. The van der Waals surface area contributed by atoms with Crippen LogP contribution in [0.5, 0.6) is 0 Å². The Morgan fingerprint density at radius 1 is 1.05 bits per heavy atom. The predicted octanol–water partition coefficient (Wildman–Crippen LogP) is 1.40. The maximum atomic E-state index is 13.7. The van der Waals surface area contributed by atoms with Gasteiger partial charge < -0.3 is 20.9 Å². The van der Waals surface area contributed by atoms with Crippen LogP contribution in [0.2, 0.25) is 0 Å². The number of nitrogens with zero attached hydrogens (tertiary/aromatic N) is 4. The molecule has 2 aliphatic rings. The molecule has 0 aliphatic carbocycles. The number of carbonyl (C=O) groups is 2. The summed E-state index contributed by atoms with van der Waals surface area (Å²) in [7, 11) is -1.92. The van der Waals surface area contributed by atoms with Gasteiger partial charge in [0.25, 0.3) is 5.91 Å². The maximum absolute atomic E-state index is 13.7. The lowest BCUT2D eigenvalue weighted by atomic mass is 10.0. The molecule has 2 aromatic carbocycles. The van der Waals surface area contributed by atoms with E-state index in [1.807, 2.05) is 7.05 Å². The summed E-state index contributed by atoms with van der Waals surface area (Å²) < 4.78 is 41.1. The summed E-state index contributed by atoms with van der Waals surface area (Å²) in [5.41, 5.74) is 7.78. The van der Waals surface area contributed by atoms with Crippen molar-refractivity contribution in [1.29, 1.82) is 0 Å². The third-order valence-electron chi connectivity index (χ3n) is 6.95. The van der Waals surface area contributed by atoms with Crippen LogP contribution in [0.3, 0.4) is 0 Å². The van der Waals surface area contributed by atoms with Crippen molar-refractivity contribution in [3.63, 3.8) is 0 Å². The number of nitrogens with one attached hydrogen (secondary N) is 2. The van der Waals surface area contributed by atoms with E-state index >= 15 is 0 Å². The van der Waals surface area contributed by atoms with Gasteiger partial charge in [0.2, 0.25) is 15.9 Å². The molecule has 0 unspecified atom stereocenters. The average Bonchev–Trinajstić information content (AvgIpc) is 3.30. The number of rotatable bonds is 6. The monoisotopic (exact) mass is 541 g/mol. The molecule has 3 aromatic rings. The van der Waals surface area contributed by atoms with Gasteiger partial charge >= 0.3 is 0 Å². The van der Waals surface area contributed by atoms with Crippen molar-refractivity contribution in [2.45, 2.75) is 17.9 Å². The molecule has 3 heterocycles. The van der Waals surface area contributed by atoms with Gasteiger partial charge in [-0.05, 0) is 43.4 Å². The molecule has 2 amide bonds. The molecular weight excluding hydrogens is 513 g/mol. The number of benzene rings is 2. The Morgan fingerprint density at radius 2 is 1.82 bits per heavy atom. The van der Waals surface area contributed by atoms with E-state index < -0.39 is 27.7 Å². The van der Waals surface area contributed by atoms with E-state index in [1.165, 1.54) is 22.5 Å². The van der Waals surface area contributed by atoms with Crippen LogP contribution in [0, 0.1) is 5.82 Å². The first kappa shape index (κ1) is 25.8. The van der Waals surface area contributed by atoms with Gasteiger partial charge in [0, 0.05) is 62.6 Å². The molecule has 0 atom stereocenters. The first-order valence-corrected chi connectivity index (χ1v) is 13.6. The second kappa shape index (κ2) is 10.2. The Morgan fingerprint density at radius 3 is 2.53 bits per heavy atom. The van der Waals surface area contributed by atoms with Gasteiger partial charge in [0.05, 0.1) is 16.0 Å². The Bertz CT molecular complexity index is 1500. The van der Waals surface area contributed by atoms with Crippen molar-refractivity contribution in [3.05, 3.63) is 70.7 Å². The number of aromatic nitrogens is 2. The Kier molecular flexibility index (Phi) is 6.90. The normalized spacial score (nSPS) is 16.7. The summed E-state index contributed by atoms with van der Waals surface area (Å²) in [6.45, 7) is 3.43. The van der Waals surface area contributed by atoms with E-state index in [1.54, 1.807) is 18.2 Å². The highest BCUT2D eigenvalue weighted by molar-refractivity contribution is 7.89. The van der Waals surface area contributed by atoms with E-state index in [2.05, 4.69) is 25.3 Å². The number of primary amides is 1. The SMILES string of the molecule is CN1CCN(c2ccc(C(=O)Nc3n[nH]c4c3CN(S(=O)(=O)c3cccc(F)c3)CC4)c(C(N)=O)c2)CC1. The number of amides is 2. The molecule has 38 heavy (non-hydrogen) atoms. The van der Waals surface area contributed by atoms with Crippen molar-refractivity contribution in [2.75, 3.05) is 50.0 Å². The van der Waals surface area contributed by atoms with E-state index in [9.17, 15) is 22.4 Å². The molecule has 0 spiro atoms. The zero-order valence-corrected chi connectivity index (χ0v) is 21.6. The van der Waals surface area contributed by atoms with Crippen LogP contribution in [-0.2, 0) is 23.0 Å². The molecular formula is C25H28FN7O4S. The van der Waals surface area contributed by atoms with E-state index in [-0.39, 0.29) is 34.9 Å². The zero-order chi connectivity index (χ0) is 27.0. The molecule has 1 saturated heterocycles. The number of hydrogen-bond acceptors (Lipinski definition) is 7. The smallest absolute Gasteiger partial charge is 0.257 e. The third-order valence-corrected chi connectivity index (χ3v) is 8.79. The van der Waals surface area contributed by atoms with Crippen LogP contribution in [0.15, 0.2) is 47.4 Å². The number of nitrogens with two attached hydrogens (primary N) is 1. The molecule has 2 aliphatic heterocycles. The molecule has 200 valence electrons. The number of anilines is 2. The molecule has 5 rings (SSSR count). The van der Waals surface area contributed by atoms with Gasteiger partial charge in [-0.1, -0.05) is 6.07 Å². The van der Waals surface area contributed by atoms with Gasteiger partial charge in [0.1, 0.15) is 5.82 Å². The minimum absolute atomic E-state index is 0.0642. The standard InChI is InChI=1S/C25H28FN7O4S/c1-31-9-11-32(12-10-31)17-5-6-19(20(14-17)23(27)34)25(35)28-24-21-15-33(8-7-22(21)29-30-24)38(36,37)18-4-2-3-16(26)13-18/h2-6,13-14H,7-12,15H2,1H3,(H2,27,34)(H2,28,29,30,35). The van der Waals surface area contributed by atoms with Crippen molar-refractivity contribution in [2.24, 2.45) is 5.73 Å². The highest BCUT2D eigenvalue weighted by Gasteiger charge is 2.32. The van der Waals surface area contributed by atoms with Crippen LogP contribution >= 0.6 is 0 Å². The minimum atomic E-state index is -3.97. The molecule has 11 nitrogen and oxygen atoms in total. The van der Waals surface area contributed by atoms with E-state index in [0.717, 1.165) is 37.9 Å². The summed E-state index contributed by atoms with van der Waals surface area (Å²) in [6, 6.07) is 9.78. The number of H-pyrrole nitrogens is 1. The van der Waals surface area contributed by atoms with Crippen LogP contribution in [0.1, 0.15) is 32.0 Å². The fraction of sp³-hybridized carbons (Fsp3) is 0.320. The topological polar surface area (TPSA) is 145 Å². The summed E-state index contributed by atoms with van der Waals surface area (Å²) in [6.07, 6.45) is 0.332. The summed E-state index contributed by atoms with van der Waals surface area (Å²) in [5, 5.41) is 9.72. The van der Waals surface area contributed by atoms with Crippen molar-refractivity contribution in [3.8, 4) is 0 Å². The Labute approximate surface area is 219 Å². The first-order valence-electron chi connectivity index (χ1n) is 12.1. The second-order valence-corrected chi connectivity index (χ2v) is 11.4. The quantitative estimate of drug-likeness (QED) is 0.428. The summed E-state index contributed by atoms with van der Waals surface area (Å²) >= 11 is 0. The second-order valence-electron chi connectivity index (χ2n) is 9.41. The summed E-state index contributed by atoms with van der Waals surface area (Å²) in [4.78, 5) is 29.7. The molecule has 4 N–H and O–H groups in total. The van der Waals surface area contributed by atoms with Gasteiger partial charge in [-0.25, -0.2) is 12.8 Å². The molecule has 13 heteroatoms. The van der Waals surface area contributed by atoms with E-state index in [4.69, 9.17) is 5.73 Å². The number of fused-ring (bicyclic) bond motifs is 1. The maximum Gasteiger partial charge on any atom is 0.257 e. The lowest BCUT2D eigenvalue weighted by Gasteiger charge is -2.34. The molecule has 1 fully saturated rings. The lowest BCUT2D eigenvalue weighted by Crippen LogP contribution is -2.44. The fourth-order valence-corrected chi connectivity index (χ4v) is 6.17. The van der Waals surface area contributed by atoms with Crippen LogP contribution in [-0.4, -0.2) is 79.4 Å². The number of carbonyl (C=O) groups excluding carboxylic acids is 2. The summed E-state index contributed by atoms with van der Waals surface area (Å²) in [5.74, 6) is -1.82. The number of likely N-dealkylation sites (N-methyl/N-ethyl adjacent to an activating group) is 1. The average molecular weight is 542 g/mol. The van der Waals surface area contributed by atoms with Crippen LogP contribution in [0.4, 0.5) is 15.9 Å². The predicted molar refractivity (Wildman–Crippen MR) is 139 cm³/mol. The van der Waals surface area contributed by atoms with Crippen molar-refractivity contribution >= 4 is 33.3 Å². The largest absolute Gasteiger partial charge is 0.369 e. The third kappa shape index (κ3) is 4.99. The van der Waals surface area contributed by atoms with Gasteiger partial charge in [-0.15, -0.1) is 0 Å². The van der Waals surface area contributed by atoms with E-state index in [0.29, 0.717) is 17.7 Å². The highest BCUT2D eigenvalue weighted by atomic mass is 32.2. The Hall–Kier alpha value is -3.81. The highest BCUT2D eigenvalue weighted by Crippen LogP contribution is 2.29. The number of aromatic amines is 1. The van der Waals surface area contributed by atoms with Gasteiger partial charge in [-0.2, -0.15) is 9.40 Å². The molecule has 1 aromatic heterocycles. The van der Waals surface area contributed by atoms with Crippen LogP contribution in [0.25, 0.3) is 0 Å². The lowest BCUT2D eigenvalue weighted by molar-refractivity contribution is 0.0977. The van der Waals surface area contributed by atoms with Crippen molar-refractivity contribution in [1.82, 2.24) is 19.4 Å². The number of halogens is 1. The van der Waals surface area contributed by atoms with Crippen LogP contribution < -0.4 is 16.0 Å². The van der Waals surface area contributed by atoms with Crippen molar-refractivity contribution < 1.29 is 22.4 Å². The first-order chi connectivity index (χ1) is 18.1. The number of piperazine rings is 1. The van der Waals surface area contributed by atoms with Gasteiger partial charge in [0.15, 0.2) is 5.82 Å². The Balaban J connectivity index is 1.37. The fourth-order valence-electron chi connectivity index (χ4n) is 4.73. The zero-order valence-electron chi connectivity index (χ0n) is 20.8. The molecule has 0 bridgehead atoms. The molecule has 0 saturated carbocycles. The molecule has 0 radical (unpaired) electrons. The van der Waals surface area contributed by atoms with Gasteiger partial charge in [-0.3, -0.25) is 14.7 Å². The minimum Gasteiger partial charge on any atom is -0.369 e.